The van der Waals surface area contributed by atoms with Gasteiger partial charge in [0, 0.05) is 11.8 Å². The molecule has 0 radical (unpaired) electrons. The minimum atomic E-state index is -3.77. The number of anilines is 1. The third kappa shape index (κ3) is 5.38. The quantitative estimate of drug-likeness (QED) is 0.594. The summed E-state index contributed by atoms with van der Waals surface area (Å²) in [5.74, 6) is -0.318. The van der Waals surface area contributed by atoms with Crippen LogP contribution in [0, 0.1) is 5.82 Å². The van der Waals surface area contributed by atoms with E-state index in [9.17, 15) is 17.6 Å². The lowest BCUT2D eigenvalue weighted by molar-refractivity contribution is -0.111. The van der Waals surface area contributed by atoms with E-state index in [1.54, 1.807) is 18.2 Å². The number of furan rings is 1. The Balaban J connectivity index is 1.65. The van der Waals surface area contributed by atoms with Gasteiger partial charge in [-0.15, -0.1) is 0 Å². The molecule has 8 heteroatoms. The molecule has 28 heavy (non-hydrogen) atoms. The van der Waals surface area contributed by atoms with Gasteiger partial charge in [-0.05, 0) is 54.1 Å². The second-order valence-corrected chi connectivity index (χ2v) is 7.57. The minimum absolute atomic E-state index is 0.0133. The van der Waals surface area contributed by atoms with E-state index in [2.05, 4.69) is 10.0 Å². The third-order valence-corrected chi connectivity index (χ3v) is 5.12. The summed E-state index contributed by atoms with van der Waals surface area (Å²) in [7, 11) is -3.77. The summed E-state index contributed by atoms with van der Waals surface area (Å²) in [5.41, 5.74) is 0.990. The van der Waals surface area contributed by atoms with E-state index < -0.39 is 15.9 Å². The van der Waals surface area contributed by atoms with Gasteiger partial charge in [-0.1, -0.05) is 18.2 Å². The number of hydrogen-bond donors (Lipinski definition) is 2. The van der Waals surface area contributed by atoms with Gasteiger partial charge in [0.25, 0.3) is 0 Å². The molecule has 2 aromatic carbocycles. The van der Waals surface area contributed by atoms with E-state index in [0.717, 1.165) is 0 Å². The van der Waals surface area contributed by atoms with Gasteiger partial charge in [-0.3, -0.25) is 4.79 Å². The average Bonchev–Trinajstić information content (AvgIpc) is 3.20. The van der Waals surface area contributed by atoms with Crippen LogP contribution in [0.25, 0.3) is 6.08 Å². The molecule has 0 bridgehead atoms. The second-order valence-electron chi connectivity index (χ2n) is 5.81. The van der Waals surface area contributed by atoms with Gasteiger partial charge in [0.15, 0.2) is 0 Å². The highest BCUT2D eigenvalue weighted by Gasteiger charge is 2.15. The summed E-state index contributed by atoms with van der Waals surface area (Å²) in [4.78, 5) is 12.1. The first-order valence-electron chi connectivity index (χ1n) is 8.29. The van der Waals surface area contributed by atoms with Crippen LogP contribution < -0.4 is 10.0 Å². The van der Waals surface area contributed by atoms with E-state index in [0.29, 0.717) is 17.0 Å². The van der Waals surface area contributed by atoms with Crippen molar-refractivity contribution in [2.24, 2.45) is 0 Å². The number of carbonyl (C=O) groups excluding carboxylic acids is 1. The lowest BCUT2D eigenvalue weighted by atomic mass is 10.2. The van der Waals surface area contributed by atoms with Crippen molar-refractivity contribution in [1.82, 2.24) is 4.72 Å². The Labute approximate surface area is 161 Å². The second kappa shape index (κ2) is 8.64. The molecule has 6 nitrogen and oxygen atoms in total. The van der Waals surface area contributed by atoms with Crippen molar-refractivity contribution in [3.05, 3.63) is 90.1 Å². The fourth-order valence-corrected chi connectivity index (χ4v) is 3.37. The number of halogens is 1. The van der Waals surface area contributed by atoms with Crippen LogP contribution in [0.15, 0.2) is 82.3 Å². The zero-order chi connectivity index (χ0) is 20.0. The fraction of sp³-hybridized carbons (Fsp3) is 0.0500. The Morgan fingerprint density at radius 3 is 2.57 bits per heavy atom. The third-order valence-electron chi connectivity index (χ3n) is 3.73. The van der Waals surface area contributed by atoms with Crippen molar-refractivity contribution in [1.29, 1.82) is 0 Å². The summed E-state index contributed by atoms with van der Waals surface area (Å²) in [5, 5.41) is 2.60. The number of carbonyl (C=O) groups is 1. The topological polar surface area (TPSA) is 88.4 Å². The Kier molecular flexibility index (Phi) is 6.03. The number of amides is 1. The van der Waals surface area contributed by atoms with Crippen molar-refractivity contribution in [2.75, 3.05) is 5.32 Å². The SMILES string of the molecule is O=C(/C=C/c1ccc(F)cc1)Nc1cccc(S(=O)(=O)NCc2ccco2)c1. The molecule has 0 spiro atoms. The first kappa shape index (κ1) is 19.5. The number of benzene rings is 2. The normalized spacial score (nSPS) is 11.6. The van der Waals surface area contributed by atoms with Crippen molar-refractivity contribution in [3.63, 3.8) is 0 Å². The van der Waals surface area contributed by atoms with Gasteiger partial charge in [-0.25, -0.2) is 17.5 Å². The van der Waals surface area contributed by atoms with Gasteiger partial charge in [0.05, 0.1) is 17.7 Å². The molecule has 1 heterocycles. The molecule has 0 fully saturated rings. The highest BCUT2D eigenvalue weighted by molar-refractivity contribution is 7.89. The van der Waals surface area contributed by atoms with Crippen LogP contribution in [0.1, 0.15) is 11.3 Å². The molecule has 2 N–H and O–H groups in total. The molecule has 1 amide bonds. The van der Waals surface area contributed by atoms with Crippen molar-refractivity contribution in [3.8, 4) is 0 Å². The van der Waals surface area contributed by atoms with Crippen LogP contribution in [0.5, 0.6) is 0 Å². The summed E-state index contributed by atoms with van der Waals surface area (Å²) in [6, 6.07) is 14.9. The molecule has 0 aliphatic carbocycles. The lowest BCUT2D eigenvalue weighted by Gasteiger charge is -2.08. The Bertz CT molecular complexity index is 1080. The van der Waals surface area contributed by atoms with E-state index >= 15 is 0 Å². The largest absolute Gasteiger partial charge is 0.468 e. The van der Waals surface area contributed by atoms with Crippen molar-refractivity contribution < 1.29 is 22.0 Å². The van der Waals surface area contributed by atoms with Crippen LogP contribution in [0.2, 0.25) is 0 Å². The molecule has 0 atom stereocenters. The van der Waals surface area contributed by atoms with Gasteiger partial charge in [-0.2, -0.15) is 0 Å². The summed E-state index contributed by atoms with van der Waals surface area (Å²) in [6.07, 6.45) is 4.27. The monoisotopic (exact) mass is 400 g/mol. The predicted molar refractivity (Wildman–Crippen MR) is 103 cm³/mol. The van der Waals surface area contributed by atoms with Crippen LogP contribution >= 0.6 is 0 Å². The standard InChI is InChI=1S/C20H17FN2O4S/c21-16-9-6-15(7-10-16)8-11-20(24)23-17-3-1-5-19(13-17)28(25,26)22-14-18-4-2-12-27-18/h1-13,22H,14H2,(H,23,24)/b11-8+. The molecule has 0 aliphatic rings. The van der Waals surface area contributed by atoms with E-state index in [4.69, 9.17) is 4.42 Å². The number of hydrogen-bond acceptors (Lipinski definition) is 4. The molecule has 1 aromatic heterocycles. The molecule has 144 valence electrons. The zero-order valence-corrected chi connectivity index (χ0v) is 15.4. The lowest BCUT2D eigenvalue weighted by Crippen LogP contribution is -2.23. The first-order valence-corrected chi connectivity index (χ1v) is 9.77. The van der Waals surface area contributed by atoms with Crippen LogP contribution in [-0.2, 0) is 21.4 Å². The Hall–Kier alpha value is -3.23. The molecule has 3 aromatic rings. The highest BCUT2D eigenvalue weighted by Crippen LogP contribution is 2.16. The molecule has 0 aliphatic heterocycles. The minimum Gasteiger partial charge on any atom is -0.468 e. The molecule has 0 unspecified atom stereocenters. The first-order chi connectivity index (χ1) is 13.4. The molecular weight excluding hydrogens is 383 g/mol. The van der Waals surface area contributed by atoms with Crippen LogP contribution in [0.4, 0.5) is 10.1 Å². The van der Waals surface area contributed by atoms with E-state index in [-0.39, 0.29) is 17.3 Å². The molecule has 3 rings (SSSR count). The van der Waals surface area contributed by atoms with Gasteiger partial charge in [0.1, 0.15) is 11.6 Å². The maximum absolute atomic E-state index is 12.9. The predicted octanol–water partition coefficient (Wildman–Crippen LogP) is 3.55. The maximum Gasteiger partial charge on any atom is 0.248 e. The van der Waals surface area contributed by atoms with Gasteiger partial charge < -0.3 is 9.73 Å². The van der Waals surface area contributed by atoms with Crippen LogP contribution in [-0.4, -0.2) is 14.3 Å². The summed E-state index contributed by atoms with van der Waals surface area (Å²) >= 11 is 0. The number of sulfonamides is 1. The van der Waals surface area contributed by atoms with Crippen molar-refractivity contribution >= 4 is 27.7 Å². The van der Waals surface area contributed by atoms with Crippen LogP contribution in [0.3, 0.4) is 0 Å². The average molecular weight is 400 g/mol. The highest BCUT2D eigenvalue weighted by atomic mass is 32.2. The Morgan fingerprint density at radius 2 is 1.86 bits per heavy atom. The maximum atomic E-state index is 12.9. The fourth-order valence-electron chi connectivity index (χ4n) is 2.33. The van der Waals surface area contributed by atoms with E-state index in [1.807, 2.05) is 0 Å². The van der Waals surface area contributed by atoms with Gasteiger partial charge in [0.2, 0.25) is 15.9 Å². The Morgan fingerprint density at radius 1 is 1.07 bits per heavy atom. The van der Waals surface area contributed by atoms with Gasteiger partial charge >= 0.3 is 0 Å². The summed E-state index contributed by atoms with van der Waals surface area (Å²) < 4.78 is 45.2. The molecular formula is C20H17FN2O4S. The van der Waals surface area contributed by atoms with Crippen molar-refractivity contribution in [2.45, 2.75) is 11.4 Å². The molecule has 0 saturated heterocycles. The molecule has 0 saturated carbocycles. The van der Waals surface area contributed by atoms with E-state index in [1.165, 1.54) is 60.9 Å². The number of rotatable bonds is 7. The smallest absolute Gasteiger partial charge is 0.248 e. The zero-order valence-electron chi connectivity index (χ0n) is 14.6. The summed E-state index contributed by atoms with van der Waals surface area (Å²) in [6.45, 7) is 0.0202. The number of nitrogens with one attached hydrogen (secondary N) is 2.